The average molecular weight is 535 g/mol. The highest BCUT2D eigenvalue weighted by Gasteiger charge is 2.41. The quantitative estimate of drug-likeness (QED) is 0.403. The second kappa shape index (κ2) is 13.3. The maximum atomic E-state index is 13.7. The van der Waals surface area contributed by atoms with Crippen LogP contribution in [0.3, 0.4) is 0 Å². The maximum Gasteiger partial charge on any atom is 0.261 e. The number of nitrogens with zero attached hydrogens (tertiary/aromatic N) is 2. The lowest BCUT2D eigenvalue weighted by Gasteiger charge is -2.32. The monoisotopic (exact) mass is 534 g/mol. The first kappa shape index (κ1) is 29.7. The average Bonchev–Trinajstić information content (AvgIpc) is 3.18. The summed E-state index contributed by atoms with van der Waals surface area (Å²) in [6.07, 6.45) is 0.912. The number of nitrogens with one attached hydrogen (secondary N) is 1. The molecule has 3 atom stereocenters. The standard InChI is InChI=1S/C30H38N4O5/c1-5-21(33-28(37)22-13-9-10-14-23(22)29(33)38)15-16-26(35)34(30(39)24(31)17-19(2)3)25(27(36)32-4)18-20-11-7-6-8-12-20/h6-14,19,21,24-25H,5,15-18,31H2,1-4H3,(H,32,36)/t21?,24-,25-/m0/s1. The topological polar surface area (TPSA) is 130 Å². The van der Waals surface area contributed by atoms with E-state index in [0.29, 0.717) is 24.0 Å². The molecule has 208 valence electrons. The molecule has 1 heterocycles. The van der Waals surface area contributed by atoms with Crippen LogP contribution < -0.4 is 11.1 Å². The van der Waals surface area contributed by atoms with E-state index in [0.717, 1.165) is 10.5 Å². The predicted molar refractivity (Wildman–Crippen MR) is 148 cm³/mol. The number of hydrogen-bond acceptors (Lipinski definition) is 6. The number of fused-ring (bicyclic) bond motifs is 1. The van der Waals surface area contributed by atoms with Gasteiger partial charge < -0.3 is 11.1 Å². The van der Waals surface area contributed by atoms with Gasteiger partial charge in [-0.1, -0.05) is 63.2 Å². The molecule has 0 spiro atoms. The van der Waals surface area contributed by atoms with Gasteiger partial charge in [0, 0.05) is 25.9 Å². The number of carbonyl (C=O) groups is 5. The first-order chi connectivity index (χ1) is 18.6. The molecular formula is C30H38N4O5. The molecule has 1 aliphatic rings. The number of imide groups is 2. The molecule has 0 fully saturated rings. The van der Waals surface area contributed by atoms with Crippen LogP contribution in [0.15, 0.2) is 54.6 Å². The fourth-order valence-electron chi connectivity index (χ4n) is 5.01. The molecule has 0 saturated carbocycles. The van der Waals surface area contributed by atoms with Gasteiger partial charge in [0.2, 0.25) is 17.7 Å². The molecule has 2 aromatic rings. The highest BCUT2D eigenvalue weighted by Crippen LogP contribution is 2.27. The zero-order chi connectivity index (χ0) is 28.7. The van der Waals surface area contributed by atoms with Crippen molar-refractivity contribution in [3.63, 3.8) is 0 Å². The van der Waals surface area contributed by atoms with Gasteiger partial charge in [0.25, 0.3) is 11.8 Å². The number of amides is 5. The first-order valence-electron chi connectivity index (χ1n) is 13.4. The van der Waals surface area contributed by atoms with Crippen molar-refractivity contribution in [3.8, 4) is 0 Å². The molecule has 3 N–H and O–H groups in total. The SMILES string of the molecule is CCC(CCC(=O)N(C(=O)[C@@H](N)CC(C)C)[C@@H](Cc1ccccc1)C(=O)NC)N1C(=O)c2ccccc2C1=O. The number of carbonyl (C=O) groups excluding carboxylic acids is 5. The second-order valence-electron chi connectivity index (χ2n) is 10.3. The summed E-state index contributed by atoms with van der Waals surface area (Å²) < 4.78 is 0. The number of likely N-dealkylation sites (N-methyl/N-ethyl adjacent to an activating group) is 1. The van der Waals surface area contributed by atoms with Gasteiger partial charge in [-0.3, -0.25) is 33.8 Å². The van der Waals surface area contributed by atoms with Gasteiger partial charge >= 0.3 is 0 Å². The Labute approximate surface area is 229 Å². The number of rotatable bonds is 12. The first-order valence-corrected chi connectivity index (χ1v) is 13.4. The van der Waals surface area contributed by atoms with Crippen LogP contribution in [0, 0.1) is 5.92 Å². The lowest BCUT2D eigenvalue weighted by molar-refractivity contribution is -0.153. The molecule has 2 aromatic carbocycles. The fourth-order valence-corrected chi connectivity index (χ4v) is 5.01. The van der Waals surface area contributed by atoms with E-state index in [9.17, 15) is 24.0 Å². The van der Waals surface area contributed by atoms with E-state index in [4.69, 9.17) is 5.73 Å². The molecule has 0 aliphatic carbocycles. The lowest BCUT2D eigenvalue weighted by atomic mass is 9.98. The molecule has 0 bridgehead atoms. The van der Waals surface area contributed by atoms with Crippen LogP contribution in [0.5, 0.6) is 0 Å². The van der Waals surface area contributed by atoms with Gasteiger partial charge in [0.05, 0.1) is 17.2 Å². The molecule has 5 amide bonds. The zero-order valence-electron chi connectivity index (χ0n) is 23.1. The summed E-state index contributed by atoms with van der Waals surface area (Å²) >= 11 is 0. The van der Waals surface area contributed by atoms with E-state index in [1.54, 1.807) is 24.3 Å². The minimum absolute atomic E-state index is 0.103. The highest BCUT2D eigenvalue weighted by molar-refractivity contribution is 6.21. The summed E-state index contributed by atoms with van der Waals surface area (Å²) in [5, 5.41) is 2.57. The Balaban J connectivity index is 1.87. The highest BCUT2D eigenvalue weighted by atomic mass is 16.2. The third-order valence-corrected chi connectivity index (χ3v) is 7.03. The molecule has 1 unspecified atom stereocenters. The van der Waals surface area contributed by atoms with Crippen molar-refractivity contribution in [3.05, 3.63) is 71.3 Å². The number of hydrogen-bond donors (Lipinski definition) is 2. The van der Waals surface area contributed by atoms with E-state index in [1.807, 2.05) is 51.1 Å². The summed E-state index contributed by atoms with van der Waals surface area (Å²) in [6.45, 7) is 5.68. The Morgan fingerprint density at radius 1 is 0.949 bits per heavy atom. The van der Waals surface area contributed by atoms with Crippen molar-refractivity contribution in [2.75, 3.05) is 7.05 Å². The molecular weight excluding hydrogens is 496 g/mol. The van der Waals surface area contributed by atoms with Gasteiger partial charge in [0.1, 0.15) is 6.04 Å². The van der Waals surface area contributed by atoms with Crippen LogP contribution >= 0.6 is 0 Å². The van der Waals surface area contributed by atoms with Crippen molar-refractivity contribution in [2.45, 2.75) is 71.0 Å². The van der Waals surface area contributed by atoms with Crippen molar-refractivity contribution < 1.29 is 24.0 Å². The summed E-state index contributed by atoms with van der Waals surface area (Å²) in [6, 6.07) is 13.2. The molecule has 9 nitrogen and oxygen atoms in total. The lowest BCUT2D eigenvalue weighted by Crippen LogP contribution is -2.57. The van der Waals surface area contributed by atoms with Gasteiger partial charge in [0.15, 0.2) is 0 Å². The minimum Gasteiger partial charge on any atom is -0.357 e. The Morgan fingerprint density at radius 3 is 2.03 bits per heavy atom. The Hall–Kier alpha value is -3.85. The van der Waals surface area contributed by atoms with E-state index in [2.05, 4.69) is 5.32 Å². The molecule has 3 rings (SSSR count). The normalized spacial score (nSPS) is 15.1. The summed E-state index contributed by atoms with van der Waals surface area (Å²) in [5.41, 5.74) is 7.69. The Morgan fingerprint density at radius 2 is 1.51 bits per heavy atom. The van der Waals surface area contributed by atoms with Gasteiger partial charge in [-0.15, -0.1) is 0 Å². The van der Waals surface area contributed by atoms with Crippen LogP contribution in [-0.4, -0.2) is 64.5 Å². The van der Waals surface area contributed by atoms with Gasteiger partial charge in [-0.05, 0) is 42.9 Å². The van der Waals surface area contributed by atoms with Crippen molar-refractivity contribution >= 4 is 29.5 Å². The minimum atomic E-state index is -1.10. The maximum absolute atomic E-state index is 13.7. The number of benzene rings is 2. The molecule has 0 radical (unpaired) electrons. The predicted octanol–water partition coefficient (Wildman–Crippen LogP) is 2.93. The summed E-state index contributed by atoms with van der Waals surface area (Å²) in [5.74, 6) is -2.36. The van der Waals surface area contributed by atoms with Crippen LogP contribution in [0.4, 0.5) is 0 Å². The van der Waals surface area contributed by atoms with Crippen LogP contribution in [0.2, 0.25) is 0 Å². The number of nitrogens with two attached hydrogens (primary N) is 1. The molecule has 9 heteroatoms. The van der Waals surface area contributed by atoms with Crippen LogP contribution in [-0.2, 0) is 20.8 Å². The van der Waals surface area contributed by atoms with Crippen molar-refractivity contribution in [2.24, 2.45) is 11.7 Å². The Bertz CT molecular complexity index is 1180. The van der Waals surface area contributed by atoms with E-state index >= 15 is 0 Å². The smallest absolute Gasteiger partial charge is 0.261 e. The second-order valence-corrected chi connectivity index (χ2v) is 10.3. The summed E-state index contributed by atoms with van der Waals surface area (Å²) in [7, 11) is 1.46. The third-order valence-electron chi connectivity index (χ3n) is 7.03. The largest absolute Gasteiger partial charge is 0.357 e. The van der Waals surface area contributed by atoms with Crippen LogP contribution in [0.25, 0.3) is 0 Å². The summed E-state index contributed by atoms with van der Waals surface area (Å²) in [4.78, 5) is 68.6. The van der Waals surface area contributed by atoms with E-state index in [1.165, 1.54) is 11.9 Å². The van der Waals surface area contributed by atoms with Crippen LogP contribution in [0.1, 0.15) is 72.7 Å². The van der Waals surface area contributed by atoms with Crippen molar-refractivity contribution in [1.82, 2.24) is 15.1 Å². The fraction of sp³-hybridized carbons (Fsp3) is 0.433. The van der Waals surface area contributed by atoms with E-state index < -0.39 is 47.7 Å². The molecule has 1 aliphatic heterocycles. The molecule has 39 heavy (non-hydrogen) atoms. The van der Waals surface area contributed by atoms with Gasteiger partial charge in [-0.2, -0.15) is 0 Å². The molecule has 0 saturated heterocycles. The third kappa shape index (κ3) is 6.78. The molecule has 0 aromatic heterocycles. The van der Waals surface area contributed by atoms with Crippen molar-refractivity contribution in [1.29, 1.82) is 0 Å². The zero-order valence-corrected chi connectivity index (χ0v) is 23.1. The van der Waals surface area contributed by atoms with Gasteiger partial charge in [-0.25, -0.2) is 0 Å². The Kier molecular flexibility index (Phi) is 10.1. The van der Waals surface area contributed by atoms with E-state index in [-0.39, 0.29) is 25.2 Å².